The second-order valence-corrected chi connectivity index (χ2v) is 6.65. The number of hydrogen-bond donors (Lipinski definition) is 1. The summed E-state index contributed by atoms with van der Waals surface area (Å²) in [4.78, 5) is 11.1. The van der Waals surface area contributed by atoms with Gasteiger partial charge in [0.2, 0.25) is 10.0 Å². The second kappa shape index (κ2) is 5.80. The Kier molecular flexibility index (Phi) is 4.29. The van der Waals surface area contributed by atoms with Gasteiger partial charge in [0.1, 0.15) is 5.82 Å². The molecule has 0 saturated carbocycles. The Morgan fingerprint density at radius 2 is 2.15 bits per heavy atom. The van der Waals surface area contributed by atoms with Crippen molar-refractivity contribution in [2.45, 2.75) is 18.9 Å². The summed E-state index contributed by atoms with van der Waals surface area (Å²) >= 11 is 0. The molecule has 112 valence electrons. The van der Waals surface area contributed by atoms with E-state index in [4.69, 9.17) is 5.73 Å². The molecule has 0 aliphatic carbocycles. The number of rotatable bonds is 4. The normalized spacial score (nSPS) is 18.1. The maximum Gasteiger partial charge on any atom is 0.322 e. The molecule has 0 spiro atoms. The number of esters is 1. The molecule has 0 aromatic carbocycles. The molecular formula is C11H18N4O4S. The first-order valence-corrected chi connectivity index (χ1v) is 7.88. The Labute approximate surface area is 117 Å². The third-order valence-electron chi connectivity index (χ3n) is 3.35. The highest BCUT2D eigenvalue weighted by molar-refractivity contribution is 7.89. The van der Waals surface area contributed by atoms with Gasteiger partial charge >= 0.3 is 5.97 Å². The van der Waals surface area contributed by atoms with Crippen molar-refractivity contribution in [3.05, 3.63) is 12.3 Å². The van der Waals surface area contributed by atoms with Crippen molar-refractivity contribution in [2.75, 3.05) is 31.7 Å². The summed E-state index contributed by atoms with van der Waals surface area (Å²) in [5.41, 5.74) is 5.56. The molecular weight excluding hydrogens is 284 g/mol. The van der Waals surface area contributed by atoms with E-state index in [2.05, 4.69) is 9.84 Å². The molecule has 2 N–H and O–H groups in total. The van der Waals surface area contributed by atoms with Gasteiger partial charge in [-0.25, -0.2) is 12.7 Å². The van der Waals surface area contributed by atoms with Crippen LogP contribution in [0.2, 0.25) is 0 Å². The topological polar surface area (TPSA) is 108 Å². The lowest BCUT2D eigenvalue weighted by atomic mass is 10.1. The van der Waals surface area contributed by atoms with Crippen LogP contribution in [0.25, 0.3) is 0 Å². The van der Waals surface area contributed by atoms with Crippen LogP contribution in [0, 0.1) is 0 Å². The zero-order chi connectivity index (χ0) is 14.8. The van der Waals surface area contributed by atoms with Crippen LogP contribution in [0.5, 0.6) is 0 Å². The Bertz CT molecular complexity index is 575. The van der Waals surface area contributed by atoms with Crippen molar-refractivity contribution in [2.24, 2.45) is 0 Å². The number of methoxy groups -OCH3 is 1. The Morgan fingerprint density at radius 1 is 1.50 bits per heavy atom. The van der Waals surface area contributed by atoms with Crippen molar-refractivity contribution >= 4 is 21.8 Å². The third kappa shape index (κ3) is 3.28. The number of aromatic nitrogens is 2. The zero-order valence-corrected chi connectivity index (χ0v) is 12.0. The van der Waals surface area contributed by atoms with Crippen molar-refractivity contribution in [3.8, 4) is 0 Å². The highest BCUT2D eigenvalue weighted by atomic mass is 32.2. The Hall–Kier alpha value is -1.61. The lowest BCUT2D eigenvalue weighted by Gasteiger charge is -2.30. The van der Waals surface area contributed by atoms with Crippen LogP contribution in [0.3, 0.4) is 0 Å². The van der Waals surface area contributed by atoms with E-state index < -0.39 is 21.7 Å². The molecule has 1 aliphatic rings. The van der Waals surface area contributed by atoms with Crippen LogP contribution in [0.15, 0.2) is 12.3 Å². The quantitative estimate of drug-likeness (QED) is 0.759. The molecule has 2 heterocycles. The van der Waals surface area contributed by atoms with E-state index in [9.17, 15) is 13.2 Å². The van der Waals surface area contributed by atoms with Gasteiger partial charge in [0.25, 0.3) is 0 Å². The zero-order valence-electron chi connectivity index (χ0n) is 11.2. The fourth-order valence-electron chi connectivity index (χ4n) is 2.24. The monoisotopic (exact) mass is 302 g/mol. The molecule has 9 heteroatoms. The average Bonchev–Trinajstić information content (AvgIpc) is 2.85. The summed E-state index contributed by atoms with van der Waals surface area (Å²) in [6, 6.07) is 1.84. The molecule has 1 aliphatic heterocycles. The number of ether oxygens (including phenoxy) is 1. The van der Waals surface area contributed by atoms with Crippen molar-refractivity contribution < 1.29 is 17.9 Å². The molecule has 0 unspecified atom stereocenters. The van der Waals surface area contributed by atoms with Gasteiger partial charge < -0.3 is 10.5 Å². The highest BCUT2D eigenvalue weighted by Crippen LogP contribution is 2.24. The molecule has 0 bridgehead atoms. The summed E-state index contributed by atoms with van der Waals surface area (Å²) in [5.74, 6) is -0.902. The van der Waals surface area contributed by atoms with Gasteiger partial charge in [0.15, 0.2) is 5.75 Å². The van der Waals surface area contributed by atoms with Gasteiger partial charge in [-0.3, -0.25) is 9.48 Å². The second-order valence-electron chi connectivity index (χ2n) is 4.68. The van der Waals surface area contributed by atoms with Crippen molar-refractivity contribution in [1.29, 1.82) is 0 Å². The van der Waals surface area contributed by atoms with E-state index in [1.54, 1.807) is 16.9 Å². The van der Waals surface area contributed by atoms with E-state index in [-0.39, 0.29) is 6.04 Å². The minimum Gasteiger partial charge on any atom is -0.468 e. The summed E-state index contributed by atoms with van der Waals surface area (Å²) in [7, 11) is -2.42. The molecule has 0 radical (unpaired) electrons. The van der Waals surface area contributed by atoms with Crippen molar-refractivity contribution in [3.63, 3.8) is 0 Å². The van der Waals surface area contributed by atoms with Gasteiger partial charge in [0, 0.05) is 19.3 Å². The predicted octanol–water partition coefficient (Wildman–Crippen LogP) is -0.395. The fourth-order valence-corrected chi connectivity index (χ4v) is 3.61. The maximum absolute atomic E-state index is 12.0. The first kappa shape index (κ1) is 14.8. The smallest absolute Gasteiger partial charge is 0.322 e. The minimum absolute atomic E-state index is 0.136. The number of carbonyl (C=O) groups is 1. The molecule has 0 amide bonds. The SMILES string of the molecule is COC(=O)CS(=O)(=O)N1CCC(n2ccc(N)n2)CC1. The standard InChI is InChI=1S/C11H18N4O4S/c1-19-11(16)8-20(17,18)14-5-2-9(3-6-14)15-7-4-10(12)13-15/h4,7,9H,2-3,5-6,8H2,1H3,(H2,12,13). The lowest BCUT2D eigenvalue weighted by molar-refractivity contribution is -0.137. The van der Waals surface area contributed by atoms with E-state index >= 15 is 0 Å². The maximum atomic E-state index is 12.0. The van der Waals surface area contributed by atoms with Gasteiger partial charge in [-0.05, 0) is 18.9 Å². The van der Waals surface area contributed by atoms with Gasteiger partial charge in [-0.15, -0.1) is 0 Å². The summed E-state index contributed by atoms with van der Waals surface area (Å²) < 4.78 is 31.5. The van der Waals surface area contributed by atoms with Gasteiger partial charge in [-0.1, -0.05) is 0 Å². The largest absolute Gasteiger partial charge is 0.468 e. The average molecular weight is 302 g/mol. The van der Waals surface area contributed by atoms with Crippen LogP contribution in [0.1, 0.15) is 18.9 Å². The van der Waals surface area contributed by atoms with Crippen LogP contribution in [-0.2, 0) is 19.6 Å². The molecule has 8 nitrogen and oxygen atoms in total. The van der Waals surface area contributed by atoms with Crippen LogP contribution in [0.4, 0.5) is 5.82 Å². The first-order valence-electron chi connectivity index (χ1n) is 6.27. The number of sulfonamides is 1. The molecule has 2 rings (SSSR count). The first-order chi connectivity index (χ1) is 9.42. The number of carbonyl (C=O) groups excluding carboxylic acids is 1. The van der Waals surface area contributed by atoms with E-state index in [0.29, 0.717) is 31.7 Å². The number of nitrogens with zero attached hydrogens (tertiary/aromatic N) is 3. The number of piperidine rings is 1. The number of hydrogen-bond acceptors (Lipinski definition) is 6. The molecule has 1 saturated heterocycles. The van der Waals surface area contributed by atoms with Gasteiger partial charge in [0.05, 0.1) is 13.2 Å². The summed E-state index contributed by atoms with van der Waals surface area (Å²) in [5, 5.41) is 4.14. The minimum atomic E-state index is -3.59. The molecule has 1 aromatic rings. The molecule has 1 fully saturated rings. The lowest BCUT2D eigenvalue weighted by Crippen LogP contribution is -2.41. The highest BCUT2D eigenvalue weighted by Gasteiger charge is 2.30. The van der Waals surface area contributed by atoms with E-state index in [1.165, 1.54) is 11.4 Å². The van der Waals surface area contributed by atoms with Crippen LogP contribution < -0.4 is 5.73 Å². The van der Waals surface area contributed by atoms with Crippen molar-refractivity contribution in [1.82, 2.24) is 14.1 Å². The van der Waals surface area contributed by atoms with Gasteiger partial charge in [-0.2, -0.15) is 5.10 Å². The number of anilines is 1. The van der Waals surface area contributed by atoms with Crippen LogP contribution in [-0.4, -0.2) is 54.4 Å². The van der Waals surface area contributed by atoms with Crippen LogP contribution >= 0.6 is 0 Å². The fraction of sp³-hybridized carbons (Fsp3) is 0.636. The Morgan fingerprint density at radius 3 is 2.65 bits per heavy atom. The summed E-state index contributed by atoms with van der Waals surface area (Å²) in [6.07, 6.45) is 3.07. The van der Waals surface area contributed by atoms with E-state index in [0.717, 1.165) is 0 Å². The Balaban J connectivity index is 1.95. The third-order valence-corrected chi connectivity index (χ3v) is 5.10. The molecule has 20 heavy (non-hydrogen) atoms. The molecule has 0 atom stereocenters. The summed E-state index contributed by atoms with van der Waals surface area (Å²) in [6.45, 7) is 0.730. The van der Waals surface area contributed by atoms with E-state index in [1.807, 2.05) is 0 Å². The molecule has 1 aromatic heterocycles. The predicted molar refractivity (Wildman–Crippen MR) is 72.3 cm³/mol. The number of nitrogens with two attached hydrogens (primary N) is 1. The number of nitrogen functional groups attached to an aromatic ring is 1.